The van der Waals surface area contributed by atoms with E-state index in [9.17, 15) is 17.8 Å². The van der Waals surface area contributed by atoms with Crippen molar-refractivity contribution in [2.75, 3.05) is 6.61 Å². The topological polar surface area (TPSA) is 121 Å². The molecular weight excluding hydrogens is 416 g/mol. The average molecular weight is 430 g/mol. The van der Waals surface area contributed by atoms with Gasteiger partial charge in [-0.2, -0.15) is 5.10 Å². The number of furan rings is 1. The van der Waals surface area contributed by atoms with Crippen LogP contribution in [0.2, 0.25) is 0 Å². The first-order chi connectivity index (χ1) is 11.7. The van der Waals surface area contributed by atoms with Crippen LogP contribution in [0.3, 0.4) is 0 Å². The van der Waals surface area contributed by atoms with Gasteiger partial charge in [-0.05, 0) is 49.2 Å². The molecule has 0 aliphatic carbocycles. The van der Waals surface area contributed by atoms with Crippen molar-refractivity contribution in [3.8, 4) is 5.75 Å². The van der Waals surface area contributed by atoms with Gasteiger partial charge in [0.2, 0.25) is 5.09 Å². The second-order valence-electron chi connectivity index (χ2n) is 5.06. The first-order valence-electron chi connectivity index (χ1n) is 6.94. The quantitative estimate of drug-likeness (QED) is 0.426. The van der Waals surface area contributed by atoms with Gasteiger partial charge in [0.25, 0.3) is 5.91 Å². The number of hydrogen-bond acceptors (Lipinski definition) is 7. The third-order valence-electron chi connectivity index (χ3n) is 3.00. The standard InChI is InChI=1S/C15H15BrN2O6S/c1-9-5-11(16)6-10(2)15(9)23-8-13(19)18-17-7-12-3-4-14(24-12)25(20,21)22/h3-7H,8H2,1-2H3,(H,18,19)(H,20,21,22)/p-1/b17-7+. The molecule has 0 unspecified atom stereocenters. The molecule has 2 rings (SSSR count). The van der Waals surface area contributed by atoms with Crippen LogP contribution >= 0.6 is 15.9 Å². The largest absolute Gasteiger partial charge is 0.742 e. The van der Waals surface area contributed by atoms with E-state index < -0.39 is 21.1 Å². The summed E-state index contributed by atoms with van der Waals surface area (Å²) in [5.74, 6) is 0.107. The van der Waals surface area contributed by atoms with Crippen molar-refractivity contribution in [3.05, 3.63) is 45.6 Å². The van der Waals surface area contributed by atoms with Gasteiger partial charge < -0.3 is 13.7 Å². The number of benzene rings is 1. The number of nitrogens with zero attached hydrogens (tertiary/aromatic N) is 1. The molecule has 134 valence electrons. The van der Waals surface area contributed by atoms with Gasteiger partial charge in [-0.25, -0.2) is 13.8 Å². The fraction of sp³-hybridized carbons (Fsp3) is 0.200. The zero-order valence-electron chi connectivity index (χ0n) is 13.3. The van der Waals surface area contributed by atoms with Crippen molar-refractivity contribution in [1.29, 1.82) is 0 Å². The minimum atomic E-state index is -4.66. The molecule has 0 aliphatic rings. The highest BCUT2D eigenvalue weighted by Crippen LogP contribution is 2.27. The summed E-state index contributed by atoms with van der Waals surface area (Å²) < 4.78 is 43.4. The number of rotatable bonds is 6. The summed E-state index contributed by atoms with van der Waals surface area (Å²) in [6.45, 7) is 3.47. The van der Waals surface area contributed by atoms with Crippen molar-refractivity contribution >= 4 is 38.2 Å². The molecule has 1 amide bonds. The monoisotopic (exact) mass is 429 g/mol. The maximum atomic E-state index is 11.7. The van der Waals surface area contributed by atoms with E-state index in [1.807, 2.05) is 26.0 Å². The smallest absolute Gasteiger partial charge is 0.277 e. The highest BCUT2D eigenvalue weighted by atomic mass is 79.9. The van der Waals surface area contributed by atoms with E-state index in [1.54, 1.807) is 0 Å². The summed E-state index contributed by atoms with van der Waals surface area (Å²) in [4.78, 5) is 11.7. The van der Waals surface area contributed by atoms with E-state index in [0.717, 1.165) is 27.9 Å². The van der Waals surface area contributed by atoms with Crippen molar-refractivity contribution in [1.82, 2.24) is 5.43 Å². The Bertz CT molecular complexity index is 897. The van der Waals surface area contributed by atoms with Crippen LogP contribution in [-0.4, -0.2) is 31.7 Å². The Morgan fingerprint density at radius 3 is 2.56 bits per heavy atom. The SMILES string of the molecule is Cc1cc(Br)cc(C)c1OCC(=O)N/N=C/c1ccc(S(=O)(=O)[O-])o1. The number of halogens is 1. The zero-order chi connectivity index (χ0) is 18.6. The highest BCUT2D eigenvalue weighted by molar-refractivity contribution is 9.10. The fourth-order valence-electron chi connectivity index (χ4n) is 2.00. The summed E-state index contributed by atoms with van der Waals surface area (Å²) >= 11 is 3.38. The Balaban J connectivity index is 1.90. The van der Waals surface area contributed by atoms with Gasteiger partial charge in [-0.1, -0.05) is 15.9 Å². The van der Waals surface area contributed by atoms with Gasteiger partial charge in [-0.15, -0.1) is 0 Å². The van der Waals surface area contributed by atoms with Gasteiger partial charge in [0.15, 0.2) is 16.7 Å². The van der Waals surface area contributed by atoms with Crippen molar-refractivity contribution < 1.29 is 26.9 Å². The molecule has 0 atom stereocenters. The fourth-order valence-corrected chi connectivity index (χ4v) is 3.12. The van der Waals surface area contributed by atoms with Crippen molar-refractivity contribution in [2.24, 2.45) is 5.10 Å². The lowest BCUT2D eigenvalue weighted by Crippen LogP contribution is -2.25. The summed E-state index contributed by atoms with van der Waals surface area (Å²) in [7, 11) is -4.66. The Hall–Kier alpha value is -2.17. The molecule has 10 heteroatoms. The molecule has 25 heavy (non-hydrogen) atoms. The second-order valence-corrected chi connectivity index (χ2v) is 7.29. The lowest BCUT2D eigenvalue weighted by Gasteiger charge is -2.11. The molecule has 0 radical (unpaired) electrons. The predicted octanol–water partition coefficient (Wildman–Crippen LogP) is 2.09. The molecule has 1 N–H and O–H groups in total. The minimum Gasteiger partial charge on any atom is -0.742 e. The number of carbonyl (C=O) groups is 1. The van der Waals surface area contributed by atoms with Crippen LogP contribution in [0, 0.1) is 13.8 Å². The van der Waals surface area contributed by atoms with Gasteiger partial charge in [0.05, 0.1) is 6.21 Å². The van der Waals surface area contributed by atoms with E-state index >= 15 is 0 Å². The van der Waals surface area contributed by atoms with Gasteiger partial charge in [0, 0.05) is 4.47 Å². The molecular formula is C15H14BrN2O6S-. The van der Waals surface area contributed by atoms with Gasteiger partial charge in [-0.3, -0.25) is 4.79 Å². The van der Waals surface area contributed by atoms with Crippen molar-refractivity contribution in [2.45, 2.75) is 18.9 Å². The molecule has 1 aromatic heterocycles. The van der Waals surface area contributed by atoms with Crippen LogP contribution in [0.25, 0.3) is 0 Å². The van der Waals surface area contributed by atoms with E-state index in [1.165, 1.54) is 6.07 Å². The molecule has 0 bridgehead atoms. The summed E-state index contributed by atoms with van der Waals surface area (Å²) in [5, 5.41) is 2.89. The number of carbonyl (C=O) groups excluding carboxylic acids is 1. The number of amides is 1. The van der Waals surface area contributed by atoms with Crippen LogP contribution in [0.15, 0.2) is 43.3 Å². The average Bonchev–Trinajstić information content (AvgIpc) is 2.95. The van der Waals surface area contributed by atoms with E-state index in [4.69, 9.17) is 9.15 Å². The van der Waals surface area contributed by atoms with E-state index in [2.05, 4.69) is 26.5 Å². The van der Waals surface area contributed by atoms with Gasteiger partial charge >= 0.3 is 0 Å². The molecule has 1 heterocycles. The minimum absolute atomic E-state index is 0.00948. The number of ether oxygens (including phenoxy) is 1. The molecule has 8 nitrogen and oxygen atoms in total. The number of hydrazone groups is 1. The van der Waals surface area contributed by atoms with E-state index in [-0.39, 0.29) is 12.4 Å². The third-order valence-corrected chi connectivity index (χ3v) is 4.17. The Morgan fingerprint density at radius 1 is 1.36 bits per heavy atom. The molecule has 2 aromatic rings. The Labute approximate surface area is 152 Å². The normalized spacial score (nSPS) is 11.7. The molecule has 1 aromatic carbocycles. The molecule has 0 saturated carbocycles. The second kappa shape index (κ2) is 7.81. The molecule has 0 fully saturated rings. The Morgan fingerprint density at radius 2 is 2.00 bits per heavy atom. The lowest BCUT2D eigenvalue weighted by atomic mass is 10.1. The molecule has 0 aliphatic heterocycles. The number of aryl methyl sites for hydroxylation is 2. The van der Waals surface area contributed by atoms with Crippen LogP contribution in [-0.2, 0) is 14.9 Å². The number of nitrogens with one attached hydrogen (secondary N) is 1. The van der Waals surface area contributed by atoms with Crippen LogP contribution in [0.4, 0.5) is 0 Å². The summed E-state index contributed by atoms with van der Waals surface area (Å²) in [6.07, 6.45) is 1.07. The maximum Gasteiger partial charge on any atom is 0.277 e. The first kappa shape index (κ1) is 19.2. The van der Waals surface area contributed by atoms with Gasteiger partial charge in [0.1, 0.15) is 11.5 Å². The predicted molar refractivity (Wildman–Crippen MR) is 91.5 cm³/mol. The molecule has 0 saturated heterocycles. The number of hydrogen-bond donors (Lipinski definition) is 1. The van der Waals surface area contributed by atoms with Crippen LogP contribution in [0.1, 0.15) is 16.9 Å². The first-order valence-corrected chi connectivity index (χ1v) is 9.14. The third kappa shape index (κ3) is 5.41. The maximum absolute atomic E-state index is 11.7. The van der Waals surface area contributed by atoms with Crippen molar-refractivity contribution in [3.63, 3.8) is 0 Å². The van der Waals surface area contributed by atoms with Crippen LogP contribution < -0.4 is 10.2 Å². The van der Waals surface area contributed by atoms with Crippen LogP contribution in [0.5, 0.6) is 5.75 Å². The summed E-state index contributed by atoms with van der Waals surface area (Å²) in [5.41, 5.74) is 3.97. The summed E-state index contributed by atoms with van der Waals surface area (Å²) in [6, 6.07) is 5.99. The zero-order valence-corrected chi connectivity index (χ0v) is 15.7. The lowest BCUT2D eigenvalue weighted by molar-refractivity contribution is -0.123. The highest BCUT2D eigenvalue weighted by Gasteiger charge is 2.09. The van der Waals surface area contributed by atoms with E-state index in [0.29, 0.717) is 5.75 Å². The molecule has 0 spiro atoms. The Kier molecular flexibility index (Phi) is 5.98.